The Kier molecular flexibility index (Phi) is 6.79. The molecule has 1 amide bonds. The molecule has 0 bridgehead atoms. The van der Waals surface area contributed by atoms with E-state index in [1.807, 2.05) is 13.8 Å². The smallest absolute Gasteiger partial charge is 0.355 e. The lowest BCUT2D eigenvalue weighted by Gasteiger charge is -2.13. The van der Waals surface area contributed by atoms with E-state index >= 15 is 0 Å². The molecule has 1 N–H and O–H groups in total. The third kappa shape index (κ3) is 10.1. The van der Waals surface area contributed by atoms with E-state index in [1.54, 1.807) is 0 Å². The molecule has 0 radical (unpaired) electrons. The van der Waals surface area contributed by atoms with E-state index < -0.39 is 24.9 Å². The molecule has 0 aliphatic rings. The number of carbonyl (C=O) groups excluding carboxylic acids is 1. The third-order valence-corrected chi connectivity index (χ3v) is 2.22. The second-order valence-electron chi connectivity index (χ2n) is 4.15. The Hall–Kier alpha value is -0.450. The highest BCUT2D eigenvalue weighted by Crippen LogP contribution is 2.21. The van der Waals surface area contributed by atoms with Crippen LogP contribution in [0.3, 0.4) is 0 Å². The summed E-state index contributed by atoms with van der Waals surface area (Å²) < 4.78 is 35.3. The Morgan fingerprint density at radius 1 is 1.38 bits per heavy atom. The fourth-order valence-electron chi connectivity index (χ4n) is 1.16. The average molecular weight is 260 g/mol. The van der Waals surface area contributed by atoms with Gasteiger partial charge in [-0.15, -0.1) is 11.6 Å². The molecule has 6 heteroatoms. The molecule has 96 valence electrons. The molecule has 0 aromatic carbocycles. The van der Waals surface area contributed by atoms with Gasteiger partial charge in [0.15, 0.2) is 0 Å². The lowest BCUT2D eigenvalue weighted by molar-refractivity contribution is -0.144. The van der Waals surface area contributed by atoms with Crippen LogP contribution in [0.1, 0.15) is 33.1 Å². The monoisotopic (exact) mass is 259 g/mol. The van der Waals surface area contributed by atoms with Gasteiger partial charge in [0.25, 0.3) is 0 Å². The predicted molar refractivity (Wildman–Crippen MR) is 57.4 cm³/mol. The van der Waals surface area contributed by atoms with Gasteiger partial charge in [-0.25, -0.2) is 0 Å². The lowest BCUT2D eigenvalue weighted by atomic mass is 10.1. The highest BCUT2D eigenvalue weighted by molar-refractivity contribution is 6.20. The molecule has 0 aromatic heterocycles. The van der Waals surface area contributed by atoms with Crippen LogP contribution in [0.5, 0.6) is 0 Å². The van der Waals surface area contributed by atoms with Gasteiger partial charge < -0.3 is 5.32 Å². The van der Waals surface area contributed by atoms with Crippen LogP contribution in [-0.4, -0.2) is 24.0 Å². The Morgan fingerprint density at radius 3 is 2.38 bits per heavy atom. The van der Waals surface area contributed by atoms with Crippen LogP contribution in [-0.2, 0) is 4.79 Å². The number of alkyl halides is 4. The number of halogens is 4. The van der Waals surface area contributed by atoms with Gasteiger partial charge in [-0.1, -0.05) is 13.8 Å². The maximum Gasteiger partial charge on any atom is 0.389 e. The molecule has 1 atom stereocenters. The van der Waals surface area contributed by atoms with E-state index in [4.69, 9.17) is 11.6 Å². The molecule has 0 aliphatic heterocycles. The normalized spacial score (nSPS) is 13.9. The Labute approximate surface area is 98.5 Å². The van der Waals surface area contributed by atoms with Crippen molar-refractivity contribution in [3.05, 3.63) is 0 Å². The highest BCUT2D eigenvalue weighted by Gasteiger charge is 2.27. The van der Waals surface area contributed by atoms with Gasteiger partial charge >= 0.3 is 6.18 Å². The molecule has 2 nitrogen and oxygen atoms in total. The molecule has 0 spiro atoms. The van der Waals surface area contributed by atoms with Gasteiger partial charge in [0.2, 0.25) is 5.91 Å². The maximum absolute atomic E-state index is 11.8. The largest absolute Gasteiger partial charge is 0.389 e. The highest BCUT2D eigenvalue weighted by atomic mass is 35.5. The number of carbonyl (C=O) groups is 1. The maximum atomic E-state index is 11.8. The van der Waals surface area contributed by atoms with E-state index in [0.29, 0.717) is 5.92 Å². The quantitative estimate of drug-likeness (QED) is 0.730. The first-order valence-corrected chi connectivity index (χ1v) is 5.62. The van der Waals surface area contributed by atoms with E-state index in [2.05, 4.69) is 5.32 Å². The molecule has 0 fully saturated rings. The summed E-state index contributed by atoms with van der Waals surface area (Å²) in [6.45, 7) is 4.19. The number of nitrogens with one attached hydrogen (secondary N) is 1. The van der Waals surface area contributed by atoms with Crippen LogP contribution in [0.15, 0.2) is 0 Å². The van der Waals surface area contributed by atoms with Gasteiger partial charge in [0.05, 0.1) is 11.8 Å². The molecule has 0 heterocycles. The molecule has 0 saturated heterocycles. The number of amides is 1. The fraction of sp³-hybridized carbons (Fsp3) is 0.900. The van der Waals surface area contributed by atoms with Crippen molar-refractivity contribution < 1.29 is 18.0 Å². The van der Waals surface area contributed by atoms with Gasteiger partial charge in [-0.05, 0) is 12.3 Å². The molecule has 0 aromatic rings. The van der Waals surface area contributed by atoms with Crippen molar-refractivity contribution in [2.24, 2.45) is 5.92 Å². The van der Waals surface area contributed by atoms with Gasteiger partial charge in [0.1, 0.15) is 0 Å². The Balaban J connectivity index is 3.65. The van der Waals surface area contributed by atoms with Crippen molar-refractivity contribution in [1.82, 2.24) is 5.32 Å². The second-order valence-corrected chi connectivity index (χ2v) is 4.76. The molecular weight excluding hydrogens is 243 g/mol. The standard InChI is InChI=1S/C10H17ClF3NO/c1-7(2)5-8(11)6-15-9(16)3-4-10(12,13)14/h7-8H,3-6H2,1-2H3,(H,15,16). The van der Waals surface area contributed by atoms with Gasteiger partial charge in [-0.2, -0.15) is 13.2 Å². The first kappa shape index (κ1) is 15.6. The van der Waals surface area contributed by atoms with Crippen molar-refractivity contribution in [1.29, 1.82) is 0 Å². The van der Waals surface area contributed by atoms with Crippen molar-refractivity contribution in [2.75, 3.05) is 6.54 Å². The minimum atomic E-state index is -4.28. The SMILES string of the molecule is CC(C)CC(Cl)CNC(=O)CCC(F)(F)F. The van der Waals surface area contributed by atoms with Crippen LogP contribution in [0.2, 0.25) is 0 Å². The van der Waals surface area contributed by atoms with Crippen LogP contribution in [0, 0.1) is 5.92 Å². The average Bonchev–Trinajstić information content (AvgIpc) is 2.09. The summed E-state index contributed by atoms with van der Waals surface area (Å²) in [4.78, 5) is 11.0. The topological polar surface area (TPSA) is 29.1 Å². The zero-order valence-electron chi connectivity index (χ0n) is 9.40. The zero-order valence-corrected chi connectivity index (χ0v) is 10.2. The van der Waals surface area contributed by atoms with Crippen molar-refractivity contribution in [3.63, 3.8) is 0 Å². The molecule has 1 unspecified atom stereocenters. The Bertz CT molecular complexity index is 219. The van der Waals surface area contributed by atoms with Crippen LogP contribution in [0.4, 0.5) is 13.2 Å². The minimum Gasteiger partial charge on any atom is -0.355 e. The third-order valence-electron chi connectivity index (χ3n) is 1.88. The first-order chi connectivity index (χ1) is 7.20. The van der Waals surface area contributed by atoms with E-state index in [0.717, 1.165) is 6.42 Å². The summed E-state index contributed by atoms with van der Waals surface area (Å²) in [6, 6.07) is 0. The van der Waals surface area contributed by atoms with Crippen LogP contribution >= 0.6 is 11.6 Å². The number of hydrogen-bond donors (Lipinski definition) is 1. The molecule has 0 aliphatic carbocycles. The number of rotatable bonds is 6. The molecule has 0 rings (SSSR count). The van der Waals surface area contributed by atoms with E-state index in [-0.39, 0.29) is 11.9 Å². The molecule has 0 saturated carbocycles. The van der Waals surface area contributed by atoms with Crippen molar-refractivity contribution >= 4 is 17.5 Å². The summed E-state index contributed by atoms with van der Waals surface area (Å²) in [6.07, 6.45) is -5.18. The second kappa shape index (κ2) is 6.99. The van der Waals surface area contributed by atoms with Gasteiger partial charge in [0, 0.05) is 13.0 Å². The summed E-state index contributed by atoms with van der Waals surface area (Å²) in [5.41, 5.74) is 0. The van der Waals surface area contributed by atoms with Crippen molar-refractivity contribution in [2.45, 2.75) is 44.7 Å². The minimum absolute atomic E-state index is 0.219. The fourth-order valence-corrected chi connectivity index (χ4v) is 1.60. The molecule has 16 heavy (non-hydrogen) atoms. The summed E-state index contributed by atoms with van der Waals surface area (Å²) in [7, 11) is 0. The van der Waals surface area contributed by atoms with Crippen LogP contribution in [0.25, 0.3) is 0 Å². The van der Waals surface area contributed by atoms with Crippen LogP contribution < -0.4 is 5.32 Å². The summed E-state index contributed by atoms with van der Waals surface area (Å²) in [5.74, 6) is -0.207. The lowest BCUT2D eigenvalue weighted by Crippen LogP contribution is -2.31. The number of hydrogen-bond acceptors (Lipinski definition) is 1. The predicted octanol–water partition coefficient (Wildman–Crippen LogP) is 3.10. The Morgan fingerprint density at radius 2 is 1.94 bits per heavy atom. The summed E-state index contributed by atoms with van der Waals surface area (Å²) in [5, 5.41) is 2.16. The zero-order chi connectivity index (χ0) is 12.8. The van der Waals surface area contributed by atoms with Crippen molar-refractivity contribution in [3.8, 4) is 0 Å². The molecular formula is C10H17ClF3NO. The summed E-state index contributed by atoms with van der Waals surface area (Å²) >= 11 is 5.87. The van der Waals surface area contributed by atoms with E-state index in [1.165, 1.54) is 0 Å². The van der Waals surface area contributed by atoms with E-state index in [9.17, 15) is 18.0 Å². The van der Waals surface area contributed by atoms with Gasteiger partial charge in [-0.3, -0.25) is 4.79 Å². The first-order valence-electron chi connectivity index (χ1n) is 5.18.